The summed E-state index contributed by atoms with van der Waals surface area (Å²) in [5.74, 6) is 0.179. The standard InChI is InChI=1S/C20H27BN2O4/c1-19(2)20(3,4)27-21(26-19)16-13-14(24)8-9-15(16)17-10-11-23(22-17)18-7-5-6-12-25-18/h8-11,13,18,24H,5-7,12H2,1-4H3. The summed E-state index contributed by atoms with van der Waals surface area (Å²) in [5, 5.41) is 14.8. The van der Waals surface area contributed by atoms with Gasteiger partial charge in [-0.1, -0.05) is 0 Å². The third kappa shape index (κ3) is 3.39. The van der Waals surface area contributed by atoms with Crippen molar-refractivity contribution in [2.75, 3.05) is 6.61 Å². The number of ether oxygens (including phenoxy) is 1. The van der Waals surface area contributed by atoms with Crippen LogP contribution in [0.5, 0.6) is 5.75 Å². The van der Waals surface area contributed by atoms with E-state index in [0.29, 0.717) is 0 Å². The molecule has 2 aliphatic rings. The van der Waals surface area contributed by atoms with Crippen molar-refractivity contribution in [2.24, 2.45) is 0 Å². The second kappa shape index (κ2) is 6.65. The smallest absolute Gasteiger partial charge is 0.495 e. The van der Waals surface area contributed by atoms with E-state index in [-0.39, 0.29) is 12.0 Å². The highest BCUT2D eigenvalue weighted by atomic mass is 16.7. The fourth-order valence-electron chi connectivity index (χ4n) is 3.52. The first kappa shape index (κ1) is 18.5. The van der Waals surface area contributed by atoms with Gasteiger partial charge in [-0.3, -0.25) is 0 Å². The normalized spacial score (nSPS) is 24.3. The Morgan fingerprint density at radius 1 is 1.11 bits per heavy atom. The average Bonchev–Trinajstić information content (AvgIpc) is 3.18. The fraction of sp³-hybridized carbons (Fsp3) is 0.550. The van der Waals surface area contributed by atoms with Gasteiger partial charge in [0.2, 0.25) is 0 Å². The molecule has 4 rings (SSSR count). The quantitative estimate of drug-likeness (QED) is 0.841. The summed E-state index contributed by atoms with van der Waals surface area (Å²) < 4.78 is 20.1. The van der Waals surface area contributed by atoms with E-state index in [9.17, 15) is 5.11 Å². The number of hydrogen-bond acceptors (Lipinski definition) is 5. The first-order valence-electron chi connectivity index (χ1n) is 9.62. The van der Waals surface area contributed by atoms with E-state index >= 15 is 0 Å². The molecule has 2 saturated heterocycles. The number of hydrogen-bond donors (Lipinski definition) is 1. The number of phenolic OH excluding ortho intramolecular Hbond substituents is 1. The van der Waals surface area contributed by atoms with Crippen LogP contribution in [0.3, 0.4) is 0 Å². The van der Waals surface area contributed by atoms with E-state index in [1.807, 2.05) is 50.7 Å². The molecule has 2 aliphatic heterocycles. The lowest BCUT2D eigenvalue weighted by Gasteiger charge is -2.32. The second-order valence-corrected chi connectivity index (χ2v) is 8.36. The minimum Gasteiger partial charge on any atom is -0.508 e. The predicted molar refractivity (Wildman–Crippen MR) is 104 cm³/mol. The summed E-state index contributed by atoms with van der Waals surface area (Å²) in [4.78, 5) is 0. The number of phenols is 1. The van der Waals surface area contributed by atoms with Crippen molar-refractivity contribution in [3.8, 4) is 17.0 Å². The third-order valence-electron chi connectivity index (χ3n) is 5.88. The van der Waals surface area contributed by atoms with Crippen molar-refractivity contribution < 1.29 is 19.2 Å². The van der Waals surface area contributed by atoms with Gasteiger partial charge in [-0.15, -0.1) is 0 Å². The molecule has 1 atom stereocenters. The molecule has 7 heteroatoms. The van der Waals surface area contributed by atoms with Crippen LogP contribution >= 0.6 is 0 Å². The lowest BCUT2D eigenvalue weighted by Crippen LogP contribution is -2.41. The molecule has 0 radical (unpaired) electrons. The van der Waals surface area contributed by atoms with E-state index in [0.717, 1.165) is 42.6 Å². The number of nitrogens with zero attached hydrogens (tertiary/aromatic N) is 2. The van der Waals surface area contributed by atoms with Crippen LogP contribution in [0.25, 0.3) is 11.3 Å². The molecule has 0 bridgehead atoms. The highest BCUT2D eigenvalue weighted by Crippen LogP contribution is 2.37. The summed E-state index contributed by atoms with van der Waals surface area (Å²) in [7, 11) is -0.562. The van der Waals surface area contributed by atoms with Crippen molar-refractivity contribution in [1.29, 1.82) is 0 Å². The van der Waals surface area contributed by atoms with Crippen LogP contribution in [0.15, 0.2) is 30.5 Å². The Morgan fingerprint density at radius 2 is 1.85 bits per heavy atom. The molecule has 2 fully saturated rings. The maximum Gasteiger partial charge on any atom is 0.495 e. The zero-order chi connectivity index (χ0) is 19.2. The van der Waals surface area contributed by atoms with E-state index < -0.39 is 18.3 Å². The van der Waals surface area contributed by atoms with Gasteiger partial charge in [-0.25, -0.2) is 4.68 Å². The molecule has 2 aromatic rings. The summed E-state index contributed by atoms with van der Waals surface area (Å²) in [5.41, 5.74) is 1.59. The molecule has 1 aromatic heterocycles. The number of aromatic hydroxyl groups is 1. The van der Waals surface area contributed by atoms with Crippen LogP contribution in [0.4, 0.5) is 0 Å². The van der Waals surface area contributed by atoms with Gasteiger partial charge in [0.25, 0.3) is 0 Å². The van der Waals surface area contributed by atoms with Crippen molar-refractivity contribution >= 4 is 12.6 Å². The van der Waals surface area contributed by atoms with Crippen LogP contribution in [0.1, 0.15) is 53.2 Å². The number of benzene rings is 1. The molecule has 6 nitrogen and oxygen atoms in total. The Morgan fingerprint density at radius 3 is 2.52 bits per heavy atom. The van der Waals surface area contributed by atoms with Crippen molar-refractivity contribution in [3.05, 3.63) is 30.5 Å². The molecule has 1 unspecified atom stereocenters. The second-order valence-electron chi connectivity index (χ2n) is 8.36. The predicted octanol–water partition coefficient (Wildman–Crippen LogP) is 3.25. The zero-order valence-electron chi connectivity index (χ0n) is 16.4. The lowest BCUT2D eigenvalue weighted by atomic mass is 9.75. The van der Waals surface area contributed by atoms with Gasteiger partial charge in [0.15, 0.2) is 0 Å². The van der Waals surface area contributed by atoms with Gasteiger partial charge in [-0.2, -0.15) is 5.10 Å². The van der Waals surface area contributed by atoms with Gasteiger partial charge < -0.3 is 19.2 Å². The van der Waals surface area contributed by atoms with Crippen LogP contribution in [0.2, 0.25) is 0 Å². The minimum absolute atomic E-state index is 0.00934. The van der Waals surface area contributed by atoms with Crippen molar-refractivity contribution in [3.63, 3.8) is 0 Å². The third-order valence-corrected chi connectivity index (χ3v) is 5.88. The first-order chi connectivity index (χ1) is 12.8. The Bertz CT molecular complexity index is 811. The molecule has 0 saturated carbocycles. The molecular formula is C20H27BN2O4. The highest BCUT2D eigenvalue weighted by Gasteiger charge is 2.52. The van der Waals surface area contributed by atoms with Crippen LogP contribution < -0.4 is 5.46 Å². The van der Waals surface area contributed by atoms with Gasteiger partial charge in [-0.05, 0) is 76.7 Å². The monoisotopic (exact) mass is 370 g/mol. The molecule has 0 spiro atoms. The van der Waals surface area contributed by atoms with Crippen LogP contribution in [-0.2, 0) is 14.0 Å². The topological polar surface area (TPSA) is 65.7 Å². The van der Waals surface area contributed by atoms with E-state index in [1.165, 1.54) is 0 Å². The number of aromatic nitrogens is 2. The Kier molecular flexibility index (Phi) is 4.57. The molecule has 144 valence electrons. The maximum absolute atomic E-state index is 10.1. The zero-order valence-corrected chi connectivity index (χ0v) is 16.4. The van der Waals surface area contributed by atoms with E-state index in [2.05, 4.69) is 0 Å². The molecule has 0 amide bonds. The van der Waals surface area contributed by atoms with Crippen LogP contribution in [0, 0.1) is 0 Å². The Balaban J connectivity index is 1.68. The molecule has 3 heterocycles. The highest BCUT2D eigenvalue weighted by molar-refractivity contribution is 6.64. The van der Waals surface area contributed by atoms with Gasteiger partial charge in [0.05, 0.1) is 16.9 Å². The van der Waals surface area contributed by atoms with Gasteiger partial charge >= 0.3 is 7.12 Å². The molecule has 1 N–H and O–H groups in total. The summed E-state index contributed by atoms with van der Waals surface area (Å²) >= 11 is 0. The molecular weight excluding hydrogens is 343 g/mol. The van der Waals surface area contributed by atoms with E-state index in [1.54, 1.807) is 12.1 Å². The summed E-state index contributed by atoms with van der Waals surface area (Å²) in [6, 6.07) is 7.21. The summed E-state index contributed by atoms with van der Waals surface area (Å²) in [6.45, 7) is 8.85. The average molecular weight is 370 g/mol. The largest absolute Gasteiger partial charge is 0.508 e. The SMILES string of the molecule is CC1(C)OB(c2cc(O)ccc2-c2ccn(C3CCCCO3)n2)OC1(C)C. The summed E-state index contributed by atoms with van der Waals surface area (Å²) in [6.07, 6.45) is 5.17. The van der Waals surface area contributed by atoms with Crippen molar-refractivity contribution in [2.45, 2.75) is 64.4 Å². The molecule has 27 heavy (non-hydrogen) atoms. The Hall–Kier alpha value is -1.83. The Labute approximate surface area is 160 Å². The first-order valence-corrected chi connectivity index (χ1v) is 9.62. The van der Waals surface area contributed by atoms with Gasteiger partial charge in [0.1, 0.15) is 12.0 Å². The van der Waals surface area contributed by atoms with Crippen molar-refractivity contribution in [1.82, 2.24) is 9.78 Å². The lowest BCUT2D eigenvalue weighted by molar-refractivity contribution is -0.0393. The molecule has 1 aromatic carbocycles. The minimum atomic E-state index is -0.562. The number of rotatable bonds is 3. The maximum atomic E-state index is 10.1. The van der Waals surface area contributed by atoms with Crippen LogP contribution in [-0.4, -0.2) is 39.8 Å². The van der Waals surface area contributed by atoms with E-state index in [4.69, 9.17) is 19.1 Å². The molecule has 0 aliphatic carbocycles. The van der Waals surface area contributed by atoms with Gasteiger partial charge in [0, 0.05) is 18.4 Å². The fourth-order valence-corrected chi connectivity index (χ4v) is 3.52.